The Hall–Kier alpha value is -1.54. The van der Waals surface area contributed by atoms with Gasteiger partial charge in [-0.05, 0) is 43.4 Å². The first-order chi connectivity index (χ1) is 8.75. The van der Waals surface area contributed by atoms with Gasteiger partial charge in [0.15, 0.2) is 0 Å². The quantitative estimate of drug-likeness (QED) is 0.463. The predicted octanol–water partition coefficient (Wildman–Crippen LogP) is 4.22. The normalized spacial score (nSPS) is 16.1. The number of rotatable bonds is 3. The molecule has 18 heavy (non-hydrogen) atoms. The summed E-state index contributed by atoms with van der Waals surface area (Å²) in [5.74, 6) is 0.0958. The van der Waals surface area contributed by atoms with Crippen molar-refractivity contribution >= 4 is 17.6 Å². The number of hydrogen-bond donors (Lipinski definition) is 0. The molecule has 0 aliphatic heterocycles. The highest BCUT2D eigenvalue weighted by Gasteiger charge is 2.09. The van der Waals surface area contributed by atoms with Crippen LogP contribution in [0.3, 0.4) is 0 Å². The van der Waals surface area contributed by atoms with Crippen molar-refractivity contribution in [3.63, 3.8) is 0 Å². The van der Waals surface area contributed by atoms with Crippen LogP contribution >= 0.6 is 11.6 Å². The first-order valence-corrected chi connectivity index (χ1v) is 6.47. The molecule has 2 nitrogen and oxygen atoms in total. The number of carbonyl (C=O) groups excluding carboxylic acids is 1. The number of esters is 1. The van der Waals surface area contributed by atoms with Crippen molar-refractivity contribution in [2.45, 2.75) is 25.7 Å². The van der Waals surface area contributed by atoms with Crippen molar-refractivity contribution in [3.05, 3.63) is 53.1 Å². The smallest absolute Gasteiger partial charge is 0.337 e. The van der Waals surface area contributed by atoms with Crippen LogP contribution in [0, 0.1) is 0 Å². The number of para-hydroxylation sites is 1. The van der Waals surface area contributed by atoms with Gasteiger partial charge in [-0.3, -0.25) is 0 Å². The Morgan fingerprint density at radius 2 is 2.00 bits per heavy atom. The van der Waals surface area contributed by atoms with E-state index in [0.717, 1.165) is 24.8 Å². The van der Waals surface area contributed by atoms with E-state index in [-0.39, 0.29) is 0 Å². The minimum atomic E-state index is -0.433. The molecule has 1 aliphatic rings. The molecule has 0 fully saturated rings. The van der Waals surface area contributed by atoms with Crippen LogP contribution < -0.4 is 4.74 Å². The molecule has 0 unspecified atom stereocenters. The van der Waals surface area contributed by atoms with Crippen LogP contribution in [0.2, 0.25) is 0 Å². The number of halogens is 1. The minimum Gasteiger partial charge on any atom is -0.423 e. The molecule has 0 radical (unpaired) electrons. The molecule has 94 valence electrons. The maximum atomic E-state index is 11.7. The van der Waals surface area contributed by atoms with Crippen LogP contribution in [-0.4, -0.2) is 5.97 Å². The van der Waals surface area contributed by atoms with E-state index in [4.69, 9.17) is 16.3 Å². The van der Waals surface area contributed by atoms with Gasteiger partial charge in [0.1, 0.15) is 5.75 Å². The summed E-state index contributed by atoms with van der Waals surface area (Å²) in [5.41, 5.74) is 1.05. The zero-order valence-electron chi connectivity index (χ0n) is 10.1. The van der Waals surface area contributed by atoms with Gasteiger partial charge in [0.2, 0.25) is 0 Å². The van der Waals surface area contributed by atoms with Crippen molar-refractivity contribution in [1.29, 1.82) is 0 Å². The lowest BCUT2D eigenvalue weighted by atomic mass is 9.99. The summed E-state index contributed by atoms with van der Waals surface area (Å²) in [6, 6.07) is 8.97. The highest BCUT2D eigenvalue weighted by atomic mass is 35.5. The van der Waals surface area contributed by atoms with Gasteiger partial charge in [0, 0.05) is 6.08 Å². The standard InChI is InChI=1S/C15H15ClO2/c16-14(12-7-3-1-4-8-12)11-15(17)18-13-9-5-2-6-10-13/h2,5-7,9-11H,1,3-4,8H2/b14-11-. The summed E-state index contributed by atoms with van der Waals surface area (Å²) in [5, 5.41) is 0.496. The third-order valence-electron chi connectivity index (χ3n) is 2.80. The summed E-state index contributed by atoms with van der Waals surface area (Å²) in [6.07, 6.45) is 7.75. The van der Waals surface area contributed by atoms with Crippen LogP contribution in [0.1, 0.15) is 25.7 Å². The second-order valence-electron chi connectivity index (χ2n) is 4.20. The molecule has 0 aromatic heterocycles. The van der Waals surface area contributed by atoms with Crippen LogP contribution in [0.5, 0.6) is 5.75 Å². The number of hydrogen-bond acceptors (Lipinski definition) is 2. The van der Waals surface area contributed by atoms with Gasteiger partial charge in [-0.1, -0.05) is 35.9 Å². The van der Waals surface area contributed by atoms with E-state index in [0.29, 0.717) is 10.8 Å². The molecule has 0 spiro atoms. The van der Waals surface area contributed by atoms with Gasteiger partial charge in [0.05, 0.1) is 5.03 Å². The van der Waals surface area contributed by atoms with E-state index in [2.05, 4.69) is 6.08 Å². The van der Waals surface area contributed by atoms with Crippen LogP contribution in [-0.2, 0) is 4.79 Å². The number of ether oxygens (including phenoxy) is 1. The zero-order valence-corrected chi connectivity index (χ0v) is 10.8. The molecule has 0 amide bonds. The van der Waals surface area contributed by atoms with E-state index >= 15 is 0 Å². The van der Waals surface area contributed by atoms with Crippen molar-refractivity contribution in [2.75, 3.05) is 0 Å². The summed E-state index contributed by atoms with van der Waals surface area (Å²) >= 11 is 6.11. The molecule has 0 heterocycles. The topological polar surface area (TPSA) is 26.3 Å². The van der Waals surface area contributed by atoms with E-state index in [9.17, 15) is 4.79 Å². The fourth-order valence-corrected chi connectivity index (χ4v) is 2.15. The second-order valence-corrected chi connectivity index (χ2v) is 4.61. The summed E-state index contributed by atoms with van der Waals surface area (Å²) < 4.78 is 5.15. The fourth-order valence-electron chi connectivity index (χ4n) is 1.89. The van der Waals surface area contributed by atoms with Gasteiger partial charge < -0.3 is 4.74 Å². The monoisotopic (exact) mass is 262 g/mol. The molecular formula is C15H15ClO2. The Bertz CT molecular complexity index is 475. The average molecular weight is 263 g/mol. The molecule has 0 saturated heterocycles. The van der Waals surface area contributed by atoms with Crippen LogP contribution in [0.15, 0.2) is 53.1 Å². The molecule has 1 aromatic rings. The van der Waals surface area contributed by atoms with Gasteiger partial charge >= 0.3 is 5.97 Å². The Morgan fingerprint density at radius 3 is 2.67 bits per heavy atom. The largest absolute Gasteiger partial charge is 0.423 e. The number of benzene rings is 1. The van der Waals surface area contributed by atoms with Crippen molar-refractivity contribution in [3.8, 4) is 5.75 Å². The molecule has 3 heteroatoms. The van der Waals surface area contributed by atoms with Crippen LogP contribution in [0.25, 0.3) is 0 Å². The molecule has 0 bridgehead atoms. The Balaban J connectivity index is 1.99. The van der Waals surface area contributed by atoms with E-state index in [1.807, 2.05) is 18.2 Å². The number of allylic oxidation sites excluding steroid dienone is 3. The summed E-state index contributed by atoms with van der Waals surface area (Å²) in [7, 11) is 0. The first kappa shape index (κ1) is 12.9. The first-order valence-electron chi connectivity index (χ1n) is 6.09. The maximum absolute atomic E-state index is 11.7. The van der Waals surface area contributed by atoms with Gasteiger partial charge in [-0.15, -0.1) is 0 Å². The van der Waals surface area contributed by atoms with Gasteiger partial charge in [0.25, 0.3) is 0 Å². The molecule has 0 atom stereocenters. The van der Waals surface area contributed by atoms with Crippen molar-refractivity contribution in [1.82, 2.24) is 0 Å². The van der Waals surface area contributed by atoms with Crippen molar-refractivity contribution in [2.24, 2.45) is 0 Å². The lowest BCUT2D eigenvalue weighted by Gasteiger charge is -2.11. The third kappa shape index (κ3) is 3.74. The molecule has 0 saturated carbocycles. The molecular weight excluding hydrogens is 248 g/mol. The second kappa shape index (κ2) is 6.41. The van der Waals surface area contributed by atoms with Crippen LogP contribution in [0.4, 0.5) is 0 Å². The summed E-state index contributed by atoms with van der Waals surface area (Å²) in [6.45, 7) is 0. The van der Waals surface area contributed by atoms with E-state index < -0.39 is 5.97 Å². The maximum Gasteiger partial charge on any atom is 0.337 e. The highest BCUT2D eigenvalue weighted by Crippen LogP contribution is 2.26. The lowest BCUT2D eigenvalue weighted by Crippen LogP contribution is -2.05. The highest BCUT2D eigenvalue weighted by molar-refractivity contribution is 6.33. The molecule has 0 N–H and O–H groups in total. The van der Waals surface area contributed by atoms with Gasteiger partial charge in [-0.25, -0.2) is 4.79 Å². The Labute approximate surface area is 112 Å². The SMILES string of the molecule is O=C(/C=C(\Cl)C1=CCCCC1)Oc1ccccc1. The van der Waals surface area contributed by atoms with E-state index in [1.54, 1.807) is 12.1 Å². The molecule has 2 rings (SSSR count). The Kier molecular flexibility index (Phi) is 4.59. The zero-order chi connectivity index (χ0) is 12.8. The van der Waals surface area contributed by atoms with Gasteiger partial charge in [-0.2, -0.15) is 0 Å². The lowest BCUT2D eigenvalue weighted by molar-refractivity contribution is -0.129. The minimum absolute atomic E-state index is 0.433. The average Bonchev–Trinajstić information content (AvgIpc) is 2.40. The van der Waals surface area contributed by atoms with Crippen molar-refractivity contribution < 1.29 is 9.53 Å². The molecule has 1 aromatic carbocycles. The summed E-state index contributed by atoms with van der Waals surface area (Å²) in [4.78, 5) is 11.7. The Morgan fingerprint density at radius 1 is 1.22 bits per heavy atom. The third-order valence-corrected chi connectivity index (χ3v) is 3.16. The predicted molar refractivity (Wildman–Crippen MR) is 72.6 cm³/mol. The molecule has 1 aliphatic carbocycles. The fraction of sp³-hybridized carbons (Fsp3) is 0.267. The number of carbonyl (C=O) groups is 1. The van der Waals surface area contributed by atoms with E-state index in [1.165, 1.54) is 12.5 Å².